The molecule has 0 spiro atoms. The number of nitrogens with one attached hydrogen (secondary N) is 1. The SMILES string of the molecule is COc1ccc(Cn2c(=O)c(C[C@H](NC(=O)OC(C)(C)C)C(N)=O)cc3cnccc32)cc1. The van der Waals surface area contributed by atoms with Gasteiger partial charge in [0.25, 0.3) is 5.56 Å². The van der Waals surface area contributed by atoms with Crippen molar-refractivity contribution in [1.29, 1.82) is 0 Å². The fourth-order valence-electron chi connectivity index (χ4n) is 3.40. The summed E-state index contributed by atoms with van der Waals surface area (Å²) >= 11 is 0. The van der Waals surface area contributed by atoms with Crippen molar-refractivity contribution in [2.24, 2.45) is 5.73 Å². The summed E-state index contributed by atoms with van der Waals surface area (Å²) in [6, 6.07) is 9.71. The highest BCUT2D eigenvalue weighted by Crippen LogP contribution is 2.17. The second-order valence-electron chi connectivity index (χ2n) is 8.65. The average molecular weight is 453 g/mol. The van der Waals surface area contributed by atoms with E-state index in [-0.39, 0.29) is 12.0 Å². The Hall–Kier alpha value is -3.88. The molecule has 0 aliphatic carbocycles. The van der Waals surface area contributed by atoms with Gasteiger partial charge in [-0.15, -0.1) is 0 Å². The van der Waals surface area contributed by atoms with E-state index < -0.39 is 23.6 Å². The molecule has 0 fully saturated rings. The third-order valence-electron chi connectivity index (χ3n) is 4.93. The molecule has 0 aliphatic heterocycles. The minimum absolute atomic E-state index is 0.0825. The van der Waals surface area contributed by atoms with Crippen LogP contribution in [-0.4, -0.2) is 40.3 Å². The number of benzene rings is 1. The van der Waals surface area contributed by atoms with Crippen LogP contribution < -0.4 is 21.3 Å². The lowest BCUT2D eigenvalue weighted by molar-refractivity contribution is -0.120. The standard InChI is InChI=1S/C24H28N4O5/c1-24(2,3)33-23(31)27-19(21(25)29)12-16-11-17-13-26-10-9-20(17)28(22(16)30)14-15-5-7-18(32-4)8-6-15/h5-11,13,19H,12,14H2,1-4H3,(H2,25,29)(H,27,31)/t19-/m0/s1. The number of carbonyl (C=O) groups excluding carboxylic acids is 2. The molecule has 0 radical (unpaired) electrons. The van der Waals surface area contributed by atoms with Gasteiger partial charge in [0, 0.05) is 29.8 Å². The molecule has 0 bridgehead atoms. The lowest BCUT2D eigenvalue weighted by Crippen LogP contribution is -2.48. The number of hydrogen-bond acceptors (Lipinski definition) is 6. The zero-order valence-electron chi connectivity index (χ0n) is 19.1. The molecular formula is C24H28N4O5. The van der Waals surface area contributed by atoms with Crippen LogP contribution in [0.3, 0.4) is 0 Å². The first-order valence-electron chi connectivity index (χ1n) is 10.5. The first kappa shape index (κ1) is 23.8. The molecule has 0 unspecified atom stereocenters. The zero-order chi connectivity index (χ0) is 24.2. The van der Waals surface area contributed by atoms with E-state index in [1.54, 1.807) is 57.0 Å². The lowest BCUT2D eigenvalue weighted by Gasteiger charge is -2.22. The number of rotatable bonds is 7. The first-order valence-corrected chi connectivity index (χ1v) is 10.5. The van der Waals surface area contributed by atoms with E-state index in [2.05, 4.69) is 10.3 Å². The third kappa shape index (κ3) is 6.09. The fraction of sp³-hybridized carbons (Fsp3) is 0.333. The van der Waals surface area contributed by atoms with Crippen molar-refractivity contribution < 1.29 is 19.1 Å². The quantitative estimate of drug-likeness (QED) is 0.567. The Morgan fingerprint density at radius 1 is 1.18 bits per heavy atom. The fourth-order valence-corrected chi connectivity index (χ4v) is 3.40. The highest BCUT2D eigenvalue weighted by atomic mass is 16.6. The number of aromatic nitrogens is 2. The van der Waals surface area contributed by atoms with Crippen molar-refractivity contribution in [3.05, 3.63) is 70.3 Å². The summed E-state index contributed by atoms with van der Waals surface area (Å²) in [7, 11) is 1.59. The molecule has 33 heavy (non-hydrogen) atoms. The average Bonchev–Trinajstić information content (AvgIpc) is 2.75. The normalized spacial score (nSPS) is 12.2. The van der Waals surface area contributed by atoms with Gasteiger partial charge in [0.15, 0.2) is 0 Å². The Balaban J connectivity index is 1.97. The van der Waals surface area contributed by atoms with Crippen LogP contribution in [0, 0.1) is 0 Å². The van der Waals surface area contributed by atoms with Crippen LogP contribution in [0.2, 0.25) is 0 Å². The molecule has 3 aromatic rings. The van der Waals surface area contributed by atoms with Gasteiger partial charge in [-0.05, 0) is 50.6 Å². The number of carbonyl (C=O) groups is 2. The molecule has 2 heterocycles. The van der Waals surface area contributed by atoms with Gasteiger partial charge in [0.2, 0.25) is 5.91 Å². The predicted molar refractivity (Wildman–Crippen MR) is 124 cm³/mol. The van der Waals surface area contributed by atoms with Crippen molar-refractivity contribution in [2.75, 3.05) is 7.11 Å². The topological polar surface area (TPSA) is 126 Å². The van der Waals surface area contributed by atoms with Gasteiger partial charge in [-0.3, -0.25) is 14.6 Å². The van der Waals surface area contributed by atoms with Gasteiger partial charge in [-0.1, -0.05) is 12.1 Å². The smallest absolute Gasteiger partial charge is 0.408 e. The van der Waals surface area contributed by atoms with Gasteiger partial charge in [-0.2, -0.15) is 0 Å². The summed E-state index contributed by atoms with van der Waals surface area (Å²) in [5.74, 6) is -0.0559. The largest absolute Gasteiger partial charge is 0.497 e. The summed E-state index contributed by atoms with van der Waals surface area (Å²) in [4.78, 5) is 41.8. The maximum Gasteiger partial charge on any atom is 0.408 e. The highest BCUT2D eigenvalue weighted by molar-refractivity contribution is 5.85. The van der Waals surface area contributed by atoms with Crippen LogP contribution in [0.25, 0.3) is 10.9 Å². The molecule has 3 rings (SSSR count). The summed E-state index contributed by atoms with van der Waals surface area (Å²) in [5, 5.41) is 3.19. The minimum Gasteiger partial charge on any atom is -0.497 e. The molecule has 2 aromatic heterocycles. The summed E-state index contributed by atoms with van der Waals surface area (Å²) < 4.78 is 12.0. The molecule has 174 valence electrons. The van der Waals surface area contributed by atoms with E-state index in [0.29, 0.717) is 23.4 Å². The van der Waals surface area contributed by atoms with E-state index in [1.807, 2.05) is 24.3 Å². The number of pyridine rings is 2. The van der Waals surface area contributed by atoms with Crippen molar-refractivity contribution in [2.45, 2.75) is 45.4 Å². The molecule has 1 aromatic carbocycles. The van der Waals surface area contributed by atoms with E-state index in [0.717, 1.165) is 10.9 Å². The number of fused-ring (bicyclic) bond motifs is 1. The number of alkyl carbamates (subject to hydrolysis) is 1. The van der Waals surface area contributed by atoms with Crippen molar-refractivity contribution in [3.8, 4) is 5.75 Å². The molecule has 2 amide bonds. The Labute approximate surface area is 191 Å². The zero-order valence-corrected chi connectivity index (χ0v) is 19.1. The molecule has 1 atom stereocenters. The van der Waals surface area contributed by atoms with Crippen LogP contribution in [0.15, 0.2) is 53.6 Å². The summed E-state index contributed by atoms with van der Waals surface area (Å²) in [5.41, 5.74) is 6.39. The molecule has 0 aliphatic rings. The third-order valence-corrected chi connectivity index (χ3v) is 4.93. The van der Waals surface area contributed by atoms with Crippen molar-refractivity contribution in [1.82, 2.24) is 14.9 Å². The molecule has 0 saturated heterocycles. The highest BCUT2D eigenvalue weighted by Gasteiger charge is 2.24. The minimum atomic E-state index is -1.11. The van der Waals surface area contributed by atoms with Gasteiger partial charge in [0.1, 0.15) is 17.4 Å². The first-order chi connectivity index (χ1) is 15.6. The van der Waals surface area contributed by atoms with Crippen LogP contribution in [0.1, 0.15) is 31.9 Å². The molecule has 9 heteroatoms. The van der Waals surface area contributed by atoms with Crippen molar-refractivity contribution in [3.63, 3.8) is 0 Å². The molecule has 0 saturated carbocycles. The lowest BCUT2D eigenvalue weighted by atomic mass is 10.0. The van der Waals surface area contributed by atoms with Crippen LogP contribution in [0.5, 0.6) is 5.75 Å². The summed E-state index contributed by atoms with van der Waals surface area (Å²) in [6.07, 6.45) is 2.39. The molecular weight excluding hydrogens is 424 g/mol. The van der Waals surface area contributed by atoms with E-state index in [4.69, 9.17) is 15.2 Å². The number of nitrogens with two attached hydrogens (primary N) is 1. The number of methoxy groups -OCH3 is 1. The van der Waals surface area contributed by atoms with Gasteiger partial charge in [0.05, 0.1) is 19.2 Å². The molecule has 9 nitrogen and oxygen atoms in total. The second-order valence-corrected chi connectivity index (χ2v) is 8.65. The monoisotopic (exact) mass is 452 g/mol. The van der Waals surface area contributed by atoms with Crippen molar-refractivity contribution >= 4 is 22.9 Å². The van der Waals surface area contributed by atoms with Crippen LogP contribution in [0.4, 0.5) is 4.79 Å². The Morgan fingerprint density at radius 3 is 2.48 bits per heavy atom. The Morgan fingerprint density at radius 2 is 1.88 bits per heavy atom. The number of hydrogen-bond donors (Lipinski definition) is 2. The maximum atomic E-state index is 13.4. The Bertz CT molecular complexity index is 1210. The van der Waals surface area contributed by atoms with Crippen LogP contribution >= 0.6 is 0 Å². The number of ether oxygens (including phenoxy) is 2. The van der Waals surface area contributed by atoms with Gasteiger partial charge in [-0.25, -0.2) is 4.79 Å². The summed E-state index contributed by atoms with van der Waals surface area (Å²) in [6.45, 7) is 5.43. The van der Waals surface area contributed by atoms with E-state index in [9.17, 15) is 14.4 Å². The van der Waals surface area contributed by atoms with E-state index in [1.165, 1.54) is 0 Å². The predicted octanol–water partition coefficient (Wildman–Crippen LogP) is 2.37. The molecule has 3 N–H and O–H groups in total. The number of primary amides is 1. The second kappa shape index (κ2) is 9.72. The van der Waals surface area contributed by atoms with Gasteiger partial charge < -0.3 is 25.1 Å². The van der Waals surface area contributed by atoms with Gasteiger partial charge >= 0.3 is 6.09 Å². The van der Waals surface area contributed by atoms with E-state index >= 15 is 0 Å². The number of nitrogens with zero attached hydrogens (tertiary/aromatic N) is 2. The van der Waals surface area contributed by atoms with Crippen LogP contribution in [-0.2, 0) is 22.5 Å². The maximum absolute atomic E-state index is 13.4. The number of amides is 2. The Kier molecular flexibility index (Phi) is 7.01.